The van der Waals surface area contributed by atoms with Crippen molar-refractivity contribution in [1.82, 2.24) is 14.8 Å². The number of benzene rings is 1. The number of carbonyl (C=O) groups is 2. The first-order valence-electron chi connectivity index (χ1n) is 12.4. The van der Waals surface area contributed by atoms with Gasteiger partial charge < -0.3 is 19.4 Å². The molecule has 198 valence electrons. The topological polar surface area (TPSA) is 95.3 Å². The Morgan fingerprint density at radius 1 is 1.24 bits per heavy atom. The number of anilines is 1. The molecule has 3 aromatic rings. The first kappa shape index (κ1) is 27.5. The third-order valence-electron chi connectivity index (χ3n) is 5.86. The summed E-state index contributed by atoms with van der Waals surface area (Å²) in [6.45, 7) is 8.44. The fourth-order valence-electron chi connectivity index (χ4n) is 4.15. The van der Waals surface area contributed by atoms with Gasteiger partial charge in [0.15, 0.2) is 11.0 Å². The van der Waals surface area contributed by atoms with Crippen LogP contribution in [0.3, 0.4) is 0 Å². The van der Waals surface area contributed by atoms with Crippen LogP contribution in [0.1, 0.15) is 65.8 Å². The van der Waals surface area contributed by atoms with Gasteiger partial charge in [0, 0.05) is 11.4 Å². The molecule has 0 saturated heterocycles. The van der Waals surface area contributed by atoms with Gasteiger partial charge >= 0.3 is 5.97 Å². The van der Waals surface area contributed by atoms with Gasteiger partial charge in [-0.05, 0) is 76.6 Å². The SMILES string of the molecule is CCn1c(COc2cc(C)ccc2Cl)nnc1SCC(=O)Nc1sc2c(c1C(=O)OC(C)C)CCCC2. The van der Waals surface area contributed by atoms with Gasteiger partial charge in [0.1, 0.15) is 17.4 Å². The fourth-order valence-corrected chi connectivity index (χ4v) is 6.44. The highest BCUT2D eigenvalue weighted by atomic mass is 35.5. The zero-order valence-electron chi connectivity index (χ0n) is 21.4. The number of rotatable bonds is 10. The molecule has 1 N–H and O–H groups in total. The number of ether oxygens (including phenoxy) is 2. The summed E-state index contributed by atoms with van der Waals surface area (Å²) in [6.07, 6.45) is 3.64. The summed E-state index contributed by atoms with van der Waals surface area (Å²) >= 11 is 9.01. The van der Waals surface area contributed by atoms with Gasteiger partial charge in [-0.15, -0.1) is 21.5 Å². The zero-order chi connectivity index (χ0) is 26.5. The summed E-state index contributed by atoms with van der Waals surface area (Å²) in [5.41, 5.74) is 2.58. The third kappa shape index (κ3) is 6.66. The van der Waals surface area contributed by atoms with E-state index in [4.69, 9.17) is 21.1 Å². The molecule has 1 aliphatic rings. The molecule has 1 amide bonds. The van der Waals surface area contributed by atoms with Crippen molar-refractivity contribution in [3.05, 3.63) is 50.6 Å². The molecule has 1 aromatic carbocycles. The Kier molecular flexibility index (Phi) is 9.15. The number of halogens is 1. The molecule has 0 saturated carbocycles. The van der Waals surface area contributed by atoms with Crippen LogP contribution < -0.4 is 10.1 Å². The Morgan fingerprint density at radius 2 is 2.03 bits per heavy atom. The summed E-state index contributed by atoms with van der Waals surface area (Å²) in [5.74, 6) is 0.779. The maximum Gasteiger partial charge on any atom is 0.341 e. The van der Waals surface area contributed by atoms with Crippen molar-refractivity contribution in [2.24, 2.45) is 0 Å². The van der Waals surface area contributed by atoms with Crippen LogP contribution in [0.2, 0.25) is 5.02 Å². The normalized spacial score (nSPS) is 12.9. The molecule has 0 radical (unpaired) electrons. The Labute approximate surface area is 230 Å². The number of hydrogen-bond donors (Lipinski definition) is 1. The van der Waals surface area contributed by atoms with Crippen molar-refractivity contribution in [1.29, 1.82) is 0 Å². The predicted octanol–water partition coefficient (Wildman–Crippen LogP) is 6.08. The average molecular weight is 563 g/mol. The van der Waals surface area contributed by atoms with Crippen LogP contribution in [0.15, 0.2) is 23.4 Å². The molecule has 37 heavy (non-hydrogen) atoms. The van der Waals surface area contributed by atoms with Gasteiger partial charge in [-0.1, -0.05) is 29.4 Å². The van der Waals surface area contributed by atoms with Crippen molar-refractivity contribution >= 4 is 51.6 Å². The number of esters is 1. The largest absolute Gasteiger partial charge is 0.484 e. The van der Waals surface area contributed by atoms with Crippen LogP contribution in [-0.2, 0) is 35.5 Å². The number of nitrogens with zero attached hydrogens (tertiary/aromatic N) is 3. The minimum atomic E-state index is -0.374. The number of nitrogens with one attached hydrogen (secondary N) is 1. The van der Waals surface area contributed by atoms with Crippen LogP contribution in [0, 0.1) is 6.92 Å². The van der Waals surface area contributed by atoms with E-state index in [0.717, 1.165) is 41.7 Å². The molecule has 0 bridgehead atoms. The Balaban J connectivity index is 1.42. The molecule has 0 atom stereocenters. The zero-order valence-corrected chi connectivity index (χ0v) is 23.8. The van der Waals surface area contributed by atoms with E-state index in [1.165, 1.54) is 23.1 Å². The number of thioether (sulfide) groups is 1. The smallest absolute Gasteiger partial charge is 0.341 e. The van der Waals surface area contributed by atoms with Crippen LogP contribution in [-0.4, -0.2) is 38.5 Å². The Hall–Kier alpha value is -2.56. The monoisotopic (exact) mass is 562 g/mol. The number of hydrogen-bond acceptors (Lipinski definition) is 8. The van der Waals surface area contributed by atoms with Gasteiger partial charge in [-0.2, -0.15) is 0 Å². The molecule has 2 aromatic heterocycles. The second-order valence-electron chi connectivity index (χ2n) is 9.07. The molecule has 11 heteroatoms. The molecular weight excluding hydrogens is 532 g/mol. The minimum absolute atomic E-state index is 0.129. The molecule has 0 fully saturated rings. The van der Waals surface area contributed by atoms with Crippen LogP contribution in [0.4, 0.5) is 5.00 Å². The van der Waals surface area contributed by atoms with Crippen LogP contribution in [0.5, 0.6) is 5.75 Å². The van der Waals surface area contributed by atoms with Crippen molar-refractivity contribution in [2.75, 3.05) is 11.1 Å². The second kappa shape index (κ2) is 12.3. The molecule has 0 spiro atoms. The molecule has 2 heterocycles. The Morgan fingerprint density at radius 3 is 2.78 bits per heavy atom. The third-order valence-corrected chi connectivity index (χ3v) is 8.34. The number of fused-ring (bicyclic) bond motifs is 1. The average Bonchev–Trinajstić information content (AvgIpc) is 3.42. The number of thiophene rings is 1. The van der Waals surface area contributed by atoms with Gasteiger partial charge in [0.05, 0.1) is 22.4 Å². The first-order valence-corrected chi connectivity index (χ1v) is 14.5. The number of carbonyl (C=O) groups excluding carboxylic acids is 2. The van der Waals surface area contributed by atoms with E-state index in [0.29, 0.717) is 38.9 Å². The number of aromatic nitrogens is 3. The molecule has 0 aliphatic heterocycles. The molecule has 0 unspecified atom stereocenters. The van der Waals surface area contributed by atoms with E-state index in [1.54, 1.807) is 6.07 Å². The molecule has 8 nitrogen and oxygen atoms in total. The highest BCUT2D eigenvalue weighted by molar-refractivity contribution is 7.99. The van der Waals surface area contributed by atoms with Crippen LogP contribution >= 0.6 is 34.7 Å². The first-order chi connectivity index (χ1) is 17.8. The number of amides is 1. The van der Waals surface area contributed by atoms with E-state index in [1.807, 2.05) is 44.4 Å². The Bertz CT molecular complexity index is 1290. The van der Waals surface area contributed by atoms with Crippen molar-refractivity contribution < 1.29 is 19.1 Å². The van der Waals surface area contributed by atoms with Gasteiger partial charge in [0.2, 0.25) is 5.91 Å². The van der Waals surface area contributed by atoms with Crippen LogP contribution in [0.25, 0.3) is 0 Å². The lowest BCUT2D eigenvalue weighted by Gasteiger charge is -2.14. The second-order valence-corrected chi connectivity index (χ2v) is 11.5. The maximum atomic E-state index is 12.9. The maximum absolute atomic E-state index is 12.9. The summed E-state index contributed by atoms with van der Waals surface area (Å²) in [5, 5.41) is 13.2. The van der Waals surface area contributed by atoms with Gasteiger partial charge in [-0.25, -0.2) is 4.79 Å². The lowest BCUT2D eigenvalue weighted by molar-refractivity contribution is -0.113. The standard InChI is InChI=1S/C26H31ClN4O4S2/c1-5-31-21(13-34-19-12-16(4)10-11-18(19)27)29-30-26(31)36-14-22(32)28-24-23(25(33)35-15(2)3)17-8-6-7-9-20(17)37-24/h10-12,15H,5-9,13-14H2,1-4H3,(H,28,32). The lowest BCUT2D eigenvalue weighted by Crippen LogP contribution is -2.19. The van der Waals surface area contributed by atoms with E-state index >= 15 is 0 Å². The molecule has 4 rings (SSSR count). The summed E-state index contributed by atoms with van der Waals surface area (Å²) in [7, 11) is 0. The van der Waals surface area contributed by atoms with E-state index in [2.05, 4.69) is 15.5 Å². The predicted molar refractivity (Wildman–Crippen MR) is 147 cm³/mol. The van der Waals surface area contributed by atoms with Crippen molar-refractivity contribution in [3.8, 4) is 5.75 Å². The fraction of sp³-hybridized carbons (Fsp3) is 0.462. The highest BCUT2D eigenvalue weighted by Gasteiger charge is 2.28. The minimum Gasteiger partial charge on any atom is -0.484 e. The van der Waals surface area contributed by atoms with Crippen molar-refractivity contribution in [3.63, 3.8) is 0 Å². The number of aryl methyl sites for hydroxylation is 2. The van der Waals surface area contributed by atoms with E-state index in [9.17, 15) is 9.59 Å². The highest BCUT2D eigenvalue weighted by Crippen LogP contribution is 2.39. The molecule has 1 aliphatic carbocycles. The summed E-state index contributed by atoms with van der Waals surface area (Å²) in [6, 6.07) is 5.60. The van der Waals surface area contributed by atoms with Gasteiger partial charge in [-0.3, -0.25) is 4.79 Å². The van der Waals surface area contributed by atoms with Gasteiger partial charge in [0.25, 0.3) is 0 Å². The van der Waals surface area contributed by atoms with E-state index < -0.39 is 0 Å². The van der Waals surface area contributed by atoms with Crippen molar-refractivity contribution in [2.45, 2.75) is 77.8 Å². The molecular formula is C26H31ClN4O4S2. The summed E-state index contributed by atoms with van der Waals surface area (Å²) < 4.78 is 13.3. The quantitative estimate of drug-likeness (QED) is 0.236. The lowest BCUT2D eigenvalue weighted by atomic mass is 9.95. The summed E-state index contributed by atoms with van der Waals surface area (Å²) in [4.78, 5) is 26.9. The van der Waals surface area contributed by atoms with E-state index in [-0.39, 0.29) is 30.3 Å².